The van der Waals surface area contributed by atoms with Crippen molar-refractivity contribution in [2.45, 2.75) is 19.9 Å². The van der Waals surface area contributed by atoms with E-state index < -0.39 is 27.8 Å². The summed E-state index contributed by atoms with van der Waals surface area (Å²) in [4.78, 5) is 25.5. The molecule has 174 valence electrons. The van der Waals surface area contributed by atoms with Crippen molar-refractivity contribution in [3.63, 3.8) is 0 Å². The Morgan fingerprint density at radius 2 is 1.70 bits per heavy atom. The van der Waals surface area contributed by atoms with Crippen LogP contribution in [-0.2, 0) is 15.0 Å². The van der Waals surface area contributed by atoms with Gasteiger partial charge >= 0.3 is 10.2 Å². The zero-order valence-corrected chi connectivity index (χ0v) is 19.5. The molecule has 1 aromatic heterocycles. The fourth-order valence-corrected chi connectivity index (χ4v) is 4.15. The highest BCUT2D eigenvalue weighted by atomic mass is 32.2. The van der Waals surface area contributed by atoms with Gasteiger partial charge in [-0.3, -0.25) is 9.59 Å². The topological polar surface area (TPSA) is 101 Å². The first-order valence-electron chi connectivity index (χ1n) is 10.1. The van der Waals surface area contributed by atoms with Crippen LogP contribution in [0.1, 0.15) is 29.8 Å². The highest BCUT2D eigenvalue weighted by molar-refractivity contribution is 7.87. The molecule has 0 aliphatic carbocycles. The Morgan fingerprint density at radius 3 is 2.33 bits per heavy atom. The summed E-state index contributed by atoms with van der Waals surface area (Å²) < 4.78 is 41.9. The Bertz CT molecular complexity index is 1340. The average Bonchev–Trinajstić information content (AvgIpc) is 3.12. The highest BCUT2D eigenvalue weighted by Crippen LogP contribution is 2.25. The lowest BCUT2D eigenvalue weighted by Gasteiger charge is -2.13. The van der Waals surface area contributed by atoms with Crippen molar-refractivity contribution in [3.8, 4) is 0 Å². The zero-order chi connectivity index (χ0) is 24.3. The normalized spacial score (nSPS) is 12.4. The van der Waals surface area contributed by atoms with Gasteiger partial charge in [0, 0.05) is 37.3 Å². The molecule has 8 nitrogen and oxygen atoms in total. The number of fused-ring (bicyclic) bond motifs is 1. The van der Waals surface area contributed by atoms with Crippen molar-refractivity contribution in [2.75, 3.05) is 14.1 Å². The Kier molecular flexibility index (Phi) is 6.99. The van der Waals surface area contributed by atoms with Crippen LogP contribution < -0.4 is 10.6 Å². The van der Waals surface area contributed by atoms with Gasteiger partial charge in [-0.05, 0) is 38.1 Å². The van der Waals surface area contributed by atoms with Crippen LogP contribution in [0.4, 0.5) is 4.39 Å². The maximum Gasteiger partial charge on any atom is 0.307 e. The summed E-state index contributed by atoms with van der Waals surface area (Å²) >= 11 is 0. The summed E-state index contributed by atoms with van der Waals surface area (Å²) in [5.41, 5.74) is 0.417. The van der Waals surface area contributed by atoms with Gasteiger partial charge < -0.3 is 10.6 Å². The number of carbonyl (C=O) groups excluding carboxylic acids is 2. The summed E-state index contributed by atoms with van der Waals surface area (Å²) in [5, 5.41) is 5.71. The average molecular weight is 473 g/mol. The molecule has 2 N–H and O–H groups in total. The van der Waals surface area contributed by atoms with Gasteiger partial charge in [-0.15, -0.1) is 0 Å². The number of amides is 2. The quantitative estimate of drug-likeness (QED) is 0.517. The van der Waals surface area contributed by atoms with Crippen LogP contribution in [0.2, 0.25) is 0 Å². The lowest BCUT2D eigenvalue weighted by atomic mass is 10.1. The van der Waals surface area contributed by atoms with Gasteiger partial charge in [0.25, 0.3) is 11.8 Å². The molecule has 0 spiro atoms. The third-order valence-electron chi connectivity index (χ3n) is 4.75. The first kappa shape index (κ1) is 24.1. The van der Waals surface area contributed by atoms with Crippen molar-refractivity contribution in [1.29, 1.82) is 0 Å². The molecular formula is C23H25FN4O4S. The molecule has 0 aliphatic rings. The van der Waals surface area contributed by atoms with Gasteiger partial charge in [0.05, 0.1) is 11.1 Å². The van der Waals surface area contributed by atoms with Crippen LogP contribution in [0.5, 0.6) is 0 Å². The number of halogens is 1. The maximum atomic E-state index is 14.1. The third-order valence-corrected chi connectivity index (χ3v) is 6.47. The first-order chi connectivity index (χ1) is 15.5. The second kappa shape index (κ2) is 9.55. The fourth-order valence-electron chi connectivity index (χ4n) is 3.15. The van der Waals surface area contributed by atoms with Gasteiger partial charge in [0.1, 0.15) is 11.5 Å². The zero-order valence-electron chi connectivity index (χ0n) is 18.7. The summed E-state index contributed by atoms with van der Waals surface area (Å²) in [6, 6.07) is 12.0. The number of hydrogen-bond acceptors (Lipinski definition) is 4. The number of hydrogen-bond donors (Lipinski definition) is 2. The van der Waals surface area contributed by atoms with E-state index >= 15 is 0 Å². The standard InChI is InChI=1S/C23H25FN4O4S/c1-15(2)25-23(30)20(26-22(29)18-10-5-7-11-19(18)24)13-16-14-28(33(31,32)27(3)4)21-12-8-6-9-17(16)21/h5-15H,1-4H3,(H,25,30)(H,26,29)/b20-13-. The van der Waals surface area contributed by atoms with Crippen LogP contribution in [0.15, 0.2) is 60.4 Å². The van der Waals surface area contributed by atoms with Crippen molar-refractivity contribution < 1.29 is 22.4 Å². The molecule has 0 atom stereocenters. The van der Waals surface area contributed by atoms with Crippen LogP contribution in [0, 0.1) is 5.82 Å². The minimum Gasteiger partial charge on any atom is -0.349 e. The summed E-state index contributed by atoms with van der Waals surface area (Å²) in [6.45, 7) is 3.51. The minimum absolute atomic E-state index is 0.151. The van der Waals surface area contributed by atoms with Crippen LogP contribution in [0.3, 0.4) is 0 Å². The number of benzene rings is 2. The Morgan fingerprint density at radius 1 is 1.06 bits per heavy atom. The molecule has 1 heterocycles. The van der Waals surface area contributed by atoms with Crippen molar-refractivity contribution in [2.24, 2.45) is 0 Å². The van der Waals surface area contributed by atoms with E-state index in [1.807, 2.05) is 0 Å². The van der Waals surface area contributed by atoms with Crippen LogP contribution in [-0.4, -0.2) is 48.6 Å². The van der Waals surface area contributed by atoms with Gasteiger partial charge in [-0.2, -0.15) is 12.7 Å². The van der Waals surface area contributed by atoms with Crippen molar-refractivity contribution in [1.82, 2.24) is 18.9 Å². The number of carbonyl (C=O) groups is 2. The first-order valence-corrected chi connectivity index (χ1v) is 11.5. The minimum atomic E-state index is -3.85. The number of para-hydroxylation sites is 1. The summed E-state index contributed by atoms with van der Waals surface area (Å²) in [6.07, 6.45) is 2.75. The number of aromatic nitrogens is 1. The van der Waals surface area contributed by atoms with E-state index in [1.165, 1.54) is 44.6 Å². The van der Waals surface area contributed by atoms with E-state index in [2.05, 4.69) is 10.6 Å². The molecule has 0 unspecified atom stereocenters. The van der Waals surface area contributed by atoms with Gasteiger partial charge in [-0.1, -0.05) is 30.3 Å². The largest absolute Gasteiger partial charge is 0.349 e. The van der Waals surface area contributed by atoms with E-state index in [0.29, 0.717) is 16.5 Å². The predicted octanol–water partition coefficient (Wildman–Crippen LogP) is 2.73. The Labute approximate surface area is 191 Å². The predicted molar refractivity (Wildman–Crippen MR) is 125 cm³/mol. The molecule has 3 rings (SSSR count). The third kappa shape index (κ3) is 5.12. The monoisotopic (exact) mass is 472 g/mol. The lowest BCUT2D eigenvalue weighted by molar-refractivity contribution is -0.118. The highest BCUT2D eigenvalue weighted by Gasteiger charge is 2.22. The van der Waals surface area contributed by atoms with Gasteiger partial charge in [0.2, 0.25) is 0 Å². The van der Waals surface area contributed by atoms with Crippen molar-refractivity contribution in [3.05, 3.63) is 77.4 Å². The van der Waals surface area contributed by atoms with E-state index in [9.17, 15) is 22.4 Å². The van der Waals surface area contributed by atoms with E-state index in [-0.39, 0.29) is 17.3 Å². The Hall–Kier alpha value is -3.50. The van der Waals surface area contributed by atoms with Crippen LogP contribution in [0.25, 0.3) is 17.0 Å². The van der Waals surface area contributed by atoms with Crippen LogP contribution >= 0.6 is 0 Å². The summed E-state index contributed by atoms with van der Waals surface area (Å²) in [7, 11) is -1.02. The van der Waals surface area contributed by atoms with E-state index in [1.54, 1.807) is 38.1 Å². The molecule has 33 heavy (non-hydrogen) atoms. The van der Waals surface area contributed by atoms with Gasteiger partial charge in [0.15, 0.2) is 0 Å². The lowest BCUT2D eigenvalue weighted by Crippen LogP contribution is -2.38. The molecule has 0 radical (unpaired) electrons. The Balaban J connectivity index is 2.14. The fraction of sp³-hybridized carbons (Fsp3) is 0.217. The van der Waals surface area contributed by atoms with E-state index in [4.69, 9.17) is 0 Å². The number of nitrogens with zero attached hydrogens (tertiary/aromatic N) is 2. The molecule has 0 bridgehead atoms. The maximum absolute atomic E-state index is 14.1. The molecule has 0 fully saturated rings. The SMILES string of the molecule is CC(C)NC(=O)/C(=C/c1cn(S(=O)(=O)N(C)C)c2ccccc12)NC(=O)c1ccccc1F. The van der Waals surface area contributed by atoms with Gasteiger partial charge in [-0.25, -0.2) is 8.36 Å². The molecule has 2 amide bonds. The molecular weight excluding hydrogens is 447 g/mol. The van der Waals surface area contributed by atoms with Crippen molar-refractivity contribution >= 4 is 39.0 Å². The second-order valence-electron chi connectivity index (χ2n) is 7.81. The van der Waals surface area contributed by atoms with E-state index in [0.717, 1.165) is 14.3 Å². The molecule has 3 aromatic rings. The number of nitrogens with one attached hydrogen (secondary N) is 2. The molecule has 0 saturated heterocycles. The molecule has 2 aromatic carbocycles. The summed E-state index contributed by atoms with van der Waals surface area (Å²) in [5.74, 6) is -2.13. The molecule has 0 saturated carbocycles. The number of rotatable bonds is 7. The second-order valence-corrected chi connectivity index (χ2v) is 9.83. The smallest absolute Gasteiger partial charge is 0.307 e. The molecule has 0 aliphatic heterocycles. The molecule has 10 heteroatoms.